The Balaban J connectivity index is 0.0000151. The minimum absolute atomic E-state index is 0. The van der Waals surface area contributed by atoms with Crippen LogP contribution in [0.3, 0.4) is 0 Å². The maximum atomic E-state index is 14.9. The van der Waals surface area contributed by atoms with Crippen LogP contribution >= 0.6 is 7.82 Å². The topological polar surface area (TPSA) is 81.3 Å². The normalized spacial score (nSPS) is 11.8. The summed E-state index contributed by atoms with van der Waals surface area (Å²) in [5.41, 5.74) is -0.542. The third-order valence-electron chi connectivity index (χ3n) is 11.2. The zero-order valence-corrected chi connectivity index (χ0v) is 37.6. The monoisotopic (exact) mass is 787 g/mol. The van der Waals surface area contributed by atoms with Gasteiger partial charge in [-0.05, 0) is 43.5 Å². The van der Waals surface area contributed by atoms with Crippen LogP contribution in [0, 0.1) is 0 Å². The first-order chi connectivity index (χ1) is 26.5. The first-order valence-electron chi connectivity index (χ1n) is 23.3. The smallest absolute Gasteiger partial charge is 0.395 e. The maximum Gasteiger partial charge on any atom is 0.588 e. The van der Waals surface area contributed by atoms with Crippen LogP contribution in [0.25, 0.3) is 0 Å². The van der Waals surface area contributed by atoms with E-state index in [9.17, 15) is 4.57 Å². The van der Waals surface area contributed by atoms with Crippen LogP contribution in [0.4, 0.5) is 0 Å². The van der Waals surface area contributed by atoms with Gasteiger partial charge in [0.2, 0.25) is 0 Å². The molecule has 0 saturated carbocycles. The predicted octanol–water partition coefficient (Wildman–Crippen LogP) is 18.3. The van der Waals surface area contributed by atoms with E-state index in [-0.39, 0.29) is 6.15 Å². The third-order valence-corrected chi connectivity index (χ3v) is 12.7. The summed E-state index contributed by atoms with van der Waals surface area (Å²) in [6.07, 6.45) is 41.7. The molecule has 2 aromatic rings. The quantitative estimate of drug-likeness (QED) is 0.0540. The molecule has 0 aliphatic heterocycles. The van der Waals surface area contributed by atoms with Gasteiger partial charge in [-0.2, -0.15) is 0 Å². The molecule has 4 N–H and O–H groups in total. The van der Waals surface area contributed by atoms with E-state index in [2.05, 4.69) is 20.8 Å². The van der Waals surface area contributed by atoms with E-state index in [0.29, 0.717) is 11.5 Å². The van der Waals surface area contributed by atoms with E-state index in [0.717, 1.165) is 38.5 Å². The summed E-state index contributed by atoms with van der Waals surface area (Å²) in [4.78, 5) is 0. The maximum absolute atomic E-state index is 14.9. The molecule has 0 unspecified atom stereocenters. The lowest BCUT2D eigenvalue weighted by Gasteiger charge is -2.36. The van der Waals surface area contributed by atoms with Gasteiger partial charge in [-0.15, -0.1) is 0 Å². The van der Waals surface area contributed by atoms with Crippen molar-refractivity contribution in [2.45, 2.75) is 238 Å². The first-order valence-corrected chi connectivity index (χ1v) is 24.8. The second kappa shape index (κ2) is 35.4. The minimum Gasteiger partial charge on any atom is -0.395 e. The Hall–Kier alpha value is -1.81. The average Bonchev–Trinajstić information content (AvgIpc) is 3.17. The molecule has 0 heterocycles. The van der Waals surface area contributed by atoms with Crippen molar-refractivity contribution in [2.75, 3.05) is 0 Å². The molecule has 0 saturated heterocycles. The Morgan fingerprint density at radius 1 is 0.382 bits per heavy atom. The van der Waals surface area contributed by atoms with Crippen molar-refractivity contribution in [1.29, 1.82) is 0 Å². The van der Waals surface area contributed by atoms with E-state index in [1.54, 1.807) is 0 Å². The number of phosphoric acid groups is 1. The van der Waals surface area contributed by atoms with Crippen molar-refractivity contribution in [3.8, 4) is 11.5 Å². The summed E-state index contributed by atoms with van der Waals surface area (Å²) in [6, 6.07) is 18.9. The predicted molar refractivity (Wildman–Crippen MR) is 241 cm³/mol. The third kappa shape index (κ3) is 27.5. The standard InChI is InChI=1S/C49H85O4P.H3N/c1-4-7-10-13-16-19-22-25-28-37-44-49(45-38-29-26-23-20-17-14-11-8-5-2,46-39-30-27-24-21-18-15-12-9-6-3)53-54(50,51-47-40-33-31-34-41-47)52-48-42-35-32-36-43-48;/h31-36,40-43H,4-30,37-39,44-46H2,1-3H3;1H3/p+1. The largest absolute Gasteiger partial charge is 0.588 e. The van der Waals surface area contributed by atoms with Crippen molar-refractivity contribution in [1.82, 2.24) is 6.15 Å². The number of phosphoric ester groups is 1. The van der Waals surface area contributed by atoms with Crippen molar-refractivity contribution < 1.29 is 18.1 Å². The molecule has 0 amide bonds. The summed E-state index contributed by atoms with van der Waals surface area (Å²) in [6.45, 7) is 6.87. The lowest BCUT2D eigenvalue weighted by atomic mass is 9.85. The highest BCUT2D eigenvalue weighted by Gasteiger charge is 2.43. The molecule has 0 spiro atoms. The van der Waals surface area contributed by atoms with Crippen molar-refractivity contribution in [3.05, 3.63) is 60.7 Å². The van der Waals surface area contributed by atoms with Gasteiger partial charge in [0, 0.05) is 0 Å². The van der Waals surface area contributed by atoms with E-state index < -0.39 is 13.4 Å². The van der Waals surface area contributed by atoms with Gasteiger partial charge in [0.05, 0.1) is 5.60 Å². The lowest BCUT2D eigenvalue weighted by Crippen LogP contribution is -2.33. The first kappa shape index (κ1) is 51.2. The average molecular weight is 787 g/mol. The Labute approximate surface area is 341 Å². The highest BCUT2D eigenvalue weighted by Crippen LogP contribution is 2.55. The van der Waals surface area contributed by atoms with Crippen LogP contribution in [0.15, 0.2) is 60.7 Å². The lowest BCUT2D eigenvalue weighted by molar-refractivity contribution is 0.00982. The molecule has 6 heteroatoms. The molecule has 318 valence electrons. The second-order valence-electron chi connectivity index (χ2n) is 16.3. The van der Waals surface area contributed by atoms with Gasteiger partial charge in [-0.1, -0.05) is 250 Å². The molecule has 2 aromatic carbocycles. The number of benzene rings is 2. The number of hydrogen-bond donors (Lipinski definition) is 1. The van der Waals surface area contributed by atoms with Crippen LogP contribution in [0.5, 0.6) is 11.5 Å². The van der Waals surface area contributed by atoms with Gasteiger partial charge in [0.15, 0.2) is 0 Å². The molecule has 0 bridgehead atoms. The summed E-state index contributed by atoms with van der Waals surface area (Å²) >= 11 is 0. The number of hydrogen-bond acceptors (Lipinski definition) is 4. The van der Waals surface area contributed by atoms with Crippen LogP contribution in [-0.2, 0) is 9.09 Å². The van der Waals surface area contributed by atoms with Crippen molar-refractivity contribution in [2.24, 2.45) is 0 Å². The van der Waals surface area contributed by atoms with Crippen LogP contribution < -0.4 is 15.2 Å². The van der Waals surface area contributed by atoms with Crippen LogP contribution in [-0.4, -0.2) is 5.60 Å². The fourth-order valence-electron chi connectivity index (χ4n) is 7.83. The van der Waals surface area contributed by atoms with Crippen LogP contribution in [0.1, 0.15) is 233 Å². The minimum atomic E-state index is -4.02. The van der Waals surface area contributed by atoms with Gasteiger partial charge >= 0.3 is 7.82 Å². The summed E-state index contributed by atoms with van der Waals surface area (Å²) < 4.78 is 34.5. The van der Waals surface area contributed by atoms with E-state index in [1.807, 2.05) is 60.7 Å². The summed E-state index contributed by atoms with van der Waals surface area (Å²) in [5, 5.41) is 0. The van der Waals surface area contributed by atoms with E-state index in [1.165, 1.54) is 173 Å². The van der Waals surface area contributed by atoms with Gasteiger partial charge in [-0.25, -0.2) is 4.57 Å². The van der Waals surface area contributed by atoms with E-state index >= 15 is 0 Å². The Morgan fingerprint density at radius 3 is 0.873 bits per heavy atom. The summed E-state index contributed by atoms with van der Waals surface area (Å²) in [5.74, 6) is 1.03. The number of rotatable bonds is 39. The molecule has 5 nitrogen and oxygen atoms in total. The highest BCUT2D eigenvalue weighted by molar-refractivity contribution is 7.49. The Kier molecular flexibility index (Phi) is 32.9. The Morgan fingerprint density at radius 2 is 0.618 bits per heavy atom. The molecular formula is C49H89NO4P+. The number of unbranched alkanes of at least 4 members (excludes halogenated alkanes) is 27. The number of quaternary nitrogens is 1. The summed E-state index contributed by atoms with van der Waals surface area (Å²) in [7, 11) is -4.02. The van der Waals surface area contributed by atoms with Gasteiger partial charge < -0.3 is 15.2 Å². The SMILES string of the molecule is CCCCCCCCCCCCC(CCCCCCCCCCCC)(CCCCCCCCCCCC)OP(=O)(Oc1ccccc1)Oc1ccccc1.[NH4+]. The second-order valence-corrected chi connectivity index (χ2v) is 17.8. The van der Waals surface area contributed by atoms with Gasteiger partial charge in [0.1, 0.15) is 11.5 Å². The number of para-hydroxylation sites is 2. The molecule has 0 aliphatic carbocycles. The molecule has 0 aliphatic rings. The zero-order chi connectivity index (χ0) is 38.7. The fraction of sp³-hybridized carbons (Fsp3) is 0.755. The fourth-order valence-corrected chi connectivity index (χ4v) is 9.45. The molecule has 0 aromatic heterocycles. The van der Waals surface area contributed by atoms with E-state index in [4.69, 9.17) is 13.6 Å². The zero-order valence-electron chi connectivity index (χ0n) is 36.7. The van der Waals surface area contributed by atoms with Crippen LogP contribution in [0.2, 0.25) is 0 Å². The van der Waals surface area contributed by atoms with Gasteiger partial charge in [0.25, 0.3) is 0 Å². The molecule has 0 fully saturated rings. The van der Waals surface area contributed by atoms with Crippen molar-refractivity contribution in [3.63, 3.8) is 0 Å². The molecule has 2 rings (SSSR count). The molecule has 0 radical (unpaired) electrons. The Bertz CT molecular complexity index is 1020. The van der Waals surface area contributed by atoms with Crippen molar-refractivity contribution >= 4 is 7.82 Å². The molecular weight excluding hydrogens is 698 g/mol. The van der Waals surface area contributed by atoms with Gasteiger partial charge in [-0.3, -0.25) is 4.52 Å². The molecule has 0 atom stereocenters. The highest BCUT2D eigenvalue weighted by atomic mass is 31.2. The molecule has 55 heavy (non-hydrogen) atoms.